The minimum atomic E-state index is -3.78. The molecular formula is C23H26ClN3O5S. The highest BCUT2D eigenvalue weighted by Crippen LogP contribution is 2.34. The molecule has 8 nitrogen and oxygen atoms in total. The average molecular weight is 492 g/mol. The molecule has 1 fully saturated rings. The fourth-order valence-electron chi connectivity index (χ4n) is 4.02. The molecule has 0 saturated carbocycles. The molecular weight excluding hydrogens is 466 g/mol. The quantitative estimate of drug-likeness (QED) is 0.662. The normalized spacial score (nSPS) is 19.4. The van der Waals surface area contributed by atoms with Crippen molar-refractivity contribution in [2.45, 2.75) is 44.1 Å². The van der Waals surface area contributed by atoms with Crippen LogP contribution in [0.25, 0.3) is 0 Å². The first-order valence-electron chi connectivity index (χ1n) is 10.9. The molecule has 176 valence electrons. The van der Waals surface area contributed by atoms with Gasteiger partial charge in [0.1, 0.15) is 5.75 Å². The molecule has 1 saturated heterocycles. The molecule has 2 N–H and O–H groups in total. The van der Waals surface area contributed by atoms with Crippen LogP contribution in [0.3, 0.4) is 0 Å². The Kier molecular flexibility index (Phi) is 6.65. The second-order valence-corrected chi connectivity index (χ2v) is 10.7. The van der Waals surface area contributed by atoms with Gasteiger partial charge in [-0.15, -0.1) is 0 Å². The number of aryl methyl sites for hydroxylation is 1. The van der Waals surface area contributed by atoms with Crippen LogP contribution < -0.4 is 15.4 Å². The van der Waals surface area contributed by atoms with Gasteiger partial charge in [-0.2, -0.15) is 4.31 Å². The van der Waals surface area contributed by atoms with Crippen molar-refractivity contribution in [3.05, 3.63) is 47.0 Å². The van der Waals surface area contributed by atoms with Crippen molar-refractivity contribution in [1.82, 2.24) is 4.31 Å². The lowest BCUT2D eigenvalue weighted by molar-refractivity contribution is -0.123. The number of hydrogen-bond donors (Lipinski definition) is 2. The third-order valence-electron chi connectivity index (χ3n) is 5.99. The minimum absolute atomic E-state index is 0.0782. The zero-order valence-electron chi connectivity index (χ0n) is 18.4. The predicted molar refractivity (Wildman–Crippen MR) is 126 cm³/mol. The number of anilines is 2. The summed E-state index contributed by atoms with van der Waals surface area (Å²) in [5, 5.41) is 6.03. The number of carbonyl (C=O) groups excluding carboxylic acids is 2. The van der Waals surface area contributed by atoms with Gasteiger partial charge in [0.05, 0.1) is 21.3 Å². The van der Waals surface area contributed by atoms with Gasteiger partial charge in [0, 0.05) is 19.0 Å². The van der Waals surface area contributed by atoms with Crippen molar-refractivity contribution in [1.29, 1.82) is 0 Å². The molecule has 2 aromatic carbocycles. The second-order valence-electron chi connectivity index (χ2n) is 8.31. The van der Waals surface area contributed by atoms with Gasteiger partial charge in [0.15, 0.2) is 6.10 Å². The smallest absolute Gasteiger partial charge is 0.265 e. The van der Waals surface area contributed by atoms with Crippen molar-refractivity contribution in [3.8, 4) is 5.75 Å². The van der Waals surface area contributed by atoms with Gasteiger partial charge in [-0.05, 0) is 62.1 Å². The summed E-state index contributed by atoms with van der Waals surface area (Å²) in [4.78, 5) is 24.8. The van der Waals surface area contributed by atoms with E-state index in [2.05, 4.69) is 10.6 Å². The number of hydrogen-bond acceptors (Lipinski definition) is 5. The van der Waals surface area contributed by atoms with E-state index >= 15 is 0 Å². The number of nitrogens with one attached hydrogen (secondary N) is 2. The maximum Gasteiger partial charge on any atom is 0.265 e. The van der Waals surface area contributed by atoms with E-state index in [1.807, 2.05) is 19.9 Å². The molecule has 4 rings (SSSR count). The van der Waals surface area contributed by atoms with Gasteiger partial charge in [-0.3, -0.25) is 9.59 Å². The highest BCUT2D eigenvalue weighted by Gasteiger charge is 2.34. The van der Waals surface area contributed by atoms with Crippen LogP contribution in [-0.2, 0) is 19.6 Å². The van der Waals surface area contributed by atoms with Crippen molar-refractivity contribution in [2.24, 2.45) is 5.92 Å². The summed E-state index contributed by atoms with van der Waals surface area (Å²) in [5.41, 5.74) is 1.89. The molecule has 0 bridgehead atoms. The first kappa shape index (κ1) is 23.5. The Hall–Kier alpha value is -2.62. The van der Waals surface area contributed by atoms with Crippen LogP contribution in [0.5, 0.6) is 5.75 Å². The highest BCUT2D eigenvalue weighted by atomic mass is 35.5. The van der Waals surface area contributed by atoms with Crippen molar-refractivity contribution < 1.29 is 22.7 Å². The topological polar surface area (TPSA) is 105 Å². The largest absolute Gasteiger partial charge is 0.478 e. The number of sulfonamides is 1. The fraction of sp³-hybridized carbons (Fsp3) is 0.391. The number of benzene rings is 2. The lowest BCUT2D eigenvalue weighted by Crippen LogP contribution is -2.41. The van der Waals surface area contributed by atoms with Gasteiger partial charge >= 0.3 is 0 Å². The molecule has 10 heteroatoms. The van der Waals surface area contributed by atoms with Gasteiger partial charge in [0.2, 0.25) is 15.9 Å². The van der Waals surface area contributed by atoms with E-state index in [1.54, 1.807) is 18.2 Å². The molecule has 0 unspecified atom stereocenters. The monoisotopic (exact) mass is 491 g/mol. The standard InChI is InChI=1S/C23H26ClN3O5S/c1-3-20-23(29)26-19-13-16(5-7-21(19)32-20)33(30,31)27-10-8-15(9-11-27)22(28)25-18-6-4-14(2)12-17(18)24/h4-7,12-13,15,20H,3,8-11H2,1-2H3,(H,25,28)(H,26,29)/t20-/m1/s1. The summed E-state index contributed by atoms with van der Waals surface area (Å²) in [6, 6.07) is 9.88. The third-order valence-corrected chi connectivity index (χ3v) is 8.19. The average Bonchev–Trinajstić information content (AvgIpc) is 2.80. The van der Waals surface area contributed by atoms with Crippen molar-refractivity contribution >= 4 is 44.8 Å². The summed E-state index contributed by atoms with van der Waals surface area (Å²) in [7, 11) is -3.78. The Balaban J connectivity index is 1.41. The number of amides is 2. The Labute approximate surface area is 198 Å². The predicted octanol–water partition coefficient (Wildman–Crippen LogP) is 3.80. The number of ether oxygens (including phenoxy) is 1. The maximum atomic E-state index is 13.2. The molecule has 33 heavy (non-hydrogen) atoms. The molecule has 2 aromatic rings. The Morgan fingerprint density at radius 2 is 1.94 bits per heavy atom. The van der Waals surface area contributed by atoms with E-state index in [0.29, 0.717) is 41.4 Å². The molecule has 2 aliphatic heterocycles. The molecule has 2 amide bonds. The number of carbonyl (C=O) groups is 2. The number of fused-ring (bicyclic) bond motifs is 1. The Morgan fingerprint density at radius 1 is 1.21 bits per heavy atom. The zero-order valence-corrected chi connectivity index (χ0v) is 20.0. The second kappa shape index (κ2) is 9.32. The molecule has 0 spiro atoms. The van der Waals surface area contributed by atoms with Gasteiger partial charge < -0.3 is 15.4 Å². The number of piperidine rings is 1. The van der Waals surface area contributed by atoms with Crippen LogP contribution in [0, 0.1) is 12.8 Å². The van der Waals surface area contributed by atoms with E-state index in [1.165, 1.54) is 16.4 Å². The van der Waals surface area contributed by atoms with Crippen LogP contribution in [0.15, 0.2) is 41.3 Å². The van der Waals surface area contributed by atoms with Gasteiger partial charge in [-0.25, -0.2) is 8.42 Å². The van der Waals surface area contributed by atoms with Gasteiger partial charge in [-0.1, -0.05) is 24.6 Å². The molecule has 2 aliphatic rings. The van der Waals surface area contributed by atoms with Crippen LogP contribution >= 0.6 is 11.6 Å². The van der Waals surface area contributed by atoms with E-state index in [-0.39, 0.29) is 35.7 Å². The molecule has 1 atom stereocenters. The number of rotatable bonds is 5. The van der Waals surface area contributed by atoms with Gasteiger partial charge in [0.25, 0.3) is 5.91 Å². The lowest BCUT2D eigenvalue weighted by Gasteiger charge is -2.31. The summed E-state index contributed by atoms with van der Waals surface area (Å²) in [6.07, 6.45) is 0.735. The molecule has 0 aromatic heterocycles. The van der Waals surface area contributed by atoms with Crippen LogP contribution in [0.2, 0.25) is 5.02 Å². The van der Waals surface area contributed by atoms with E-state index in [9.17, 15) is 18.0 Å². The summed E-state index contributed by atoms with van der Waals surface area (Å²) >= 11 is 6.20. The minimum Gasteiger partial charge on any atom is -0.478 e. The Morgan fingerprint density at radius 3 is 2.61 bits per heavy atom. The van der Waals surface area contributed by atoms with E-state index in [0.717, 1.165) is 5.56 Å². The molecule has 0 radical (unpaired) electrons. The van der Waals surface area contributed by atoms with Crippen LogP contribution in [0.4, 0.5) is 11.4 Å². The van der Waals surface area contributed by atoms with Crippen molar-refractivity contribution in [3.63, 3.8) is 0 Å². The van der Waals surface area contributed by atoms with Crippen molar-refractivity contribution in [2.75, 3.05) is 23.7 Å². The molecule has 0 aliphatic carbocycles. The number of nitrogens with zero attached hydrogens (tertiary/aromatic N) is 1. The zero-order chi connectivity index (χ0) is 23.8. The fourth-order valence-corrected chi connectivity index (χ4v) is 5.80. The van der Waals surface area contributed by atoms with E-state index < -0.39 is 16.1 Å². The number of halogens is 1. The summed E-state index contributed by atoms with van der Waals surface area (Å²) in [5.74, 6) is -0.321. The van der Waals surface area contributed by atoms with E-state index in [4.69, 9.17) is 16.3 Å². The summed E-state index contributed by atoms with van der Waals surface area (Å²) < 4.78 is 33.4. The first-order chi connectivity index (χ1) is 15.7. The van der Waals surface area contributed by atoms with Crippen LogP contribution in [0.1, 0.15) is 31.7 Å². The lowest BCUT2D eigenvalue weighted by atomic mass is 9.97. The first-order valence-corrected chi connectivity index (χ1v) is 12.7. The maximum absolute atomic E-state index is 13.2. The highest BCUT2D eigenvalue weighted by molar-refractivity contribution is 7.89. The third kappa shape index (κ3) is 4.85. The van der Waals surface area contributed by atoms with Crippen LogP contribution in [-0.4, -0.2) is 43.7 Å². The Bertz CT molecular complexity index is 1190. The molecule has 2 heterocycles. The SMILES string of the molecule is CC[C@H]1Oc2ccc(S(=O)(=O)N3CCC(C(=O)Nc4ccc(C)cc4Cl)CC3)cc2NC1=O. The summed E-state index contributed by atoms with van der Waals surface area (Å²) in [6.45, 7) is 4.20.